The molecule has 0 bridgehead atoms. The Morgan fingerprint density at radius 1 is 1.28 bits per heavy atom. The first-order valence-electron chi connectivity index (χ1n) is 11.2. The second-order valence-corrected chi connectivity index (χ2v) is 8.34. The molecule has 0 spiro atoms. The second kappa shape index (κ2) is 13.6. The molecule has 2 N–H and O–H groups in total. The minimum atomic E-state index is 0.698. The molecule has 0 atom stereocenters. The summed E-state index contributed by atoms with van der Waals surface area (Å²) in [6.45, 7) is 14.7. The van der Waals surface area contributed by atoms with Crippen molar-refractivity contribution < 1.29 is 0 Å². The molecule has 0 unspecified atom stereocenters. The van der Waals surface area contributed by atoms with Crippen molar-refractivity contribution in [2.24, 2.45) is 9.98 Å². The Morgan fingerprint density at radius 2 is 2.03 bits per heavy atom. The first kappa shape index (κ1) is 25.5. The number of nitrogens with one attached hydrogen (secondary N) is 2. The molecule has 0 fully saturated rings. The molecule has 0 saturated heterocycles. The van der Waals surface area contributed by atoms with Crippen molar-refractivity contribution in [2.45, 2.75) is 46.1 Å². The fourth-order valence-corrected chi connectivity index (χ4v) is 3.49. The van der Waals surface area contributed by atoms with Crippen LogP contribution in [0.5, 0.6) is 0 Å². The van der Waals surface area contributed by atoms with Gasteiger partial charge in [-0.2, -0.15) is 0 Å². The van der Waals surface area contributed by atoms with Crippen molar-refractivity contribution in [3.05, 3.63) is 82.1 Å². The summed E-state index contributed by atoms with van der Waals surface area (Å²) in [6.07, 6.45) is 10.1. The Labute approximate surface area is 198 Å². The van der Waals surface area contributed by atoms with Gasteiger partial charge in [-0.15, -0.1) is 0 Å². The van der Waals surface area contributed by atoms with Crippen LogP contribution in [0.1, 0.15) is 45.1 Å². The van der Waals surface area contributed by atoms with Crippen molar-refractivity contribution in [1.29, 1.82) is 0 Å². The molecule has 1 aliphatic rings. The van der Waals surface area contributed by atoms with Gasteiger partial charge in [-0.25, -0.2) is 4.99 Å². The molecular weight excluding hydrogens is 418 g/mol. The average molecular weight is 454 g/mol. The van der Waals surface area contributed by atoms with E-state index in [2.05, 4.69) is 70.9 Å². The average Bonchev–Trinajstić information content (AvgIpc) is 3.01. The zero-order valence-corrected chi connectivity index (χ0v) is 20.4. The predicted molar refractivity (Wildman–Crippen MR) is 139 cm³/mol. The second-order valence-electron chi connectivity index (χ2n) is 7.90. The first-order valence-corrected chi connectivity index (χ1v) is 11.5. The van der Waals surface area contributed by atoms with Crippen LogP contribution in [-0.2, 0) is 6.54 Å². The van der Waals surface area contributed by atoms with Crippen LogP contribution in [0, 0.1) is 0 Å². The quantitative estimate of drug-likeness (QED) is 0.224. The molecule has 172 valence electrons. The summed E-state index contributed by atoms with van der Waals surface area (Å²) in [6, 6.07) is 7.96. The molecule has 6 heteroatoms. The highest BCUT2D eigenvalue weighted by Crippen LogP contribution is 2.22. The molecule has 32 heavy (non-hydrogen) atoms. The summed E-state index contributed by atoms with van der Waals surface area (Å²) >= 11 is 6.11. The fourth-order valence-electron chi connectivity index (χ4n) is 3.37. The Balaban J connectivity index is 2.36. The predicted octanol–water partition coefficient (Wildman–Crippen LogP) is 5.83. The summed E-state index contributed by atoms with van der Waals surface area (Å²) < 4.78 is 0. The zero-order valence-electron chi connectivity index (χ0n) is 19.6. The van der Waals surface area contributed by atoms with E-state index in [1.54, 1.807) is 0 Å². The summed E-state index contributed by atoms with van der Waals surface area (Å²) in [5.41, 5.74) is 5.37. The fraction of sp³-hybridized carbons (Fsp3) is 0.385. The largest absolute Gasteiger partial charge is 0.387 e. The number of nitrogens with zero attached hydrogens (tertiary/aromatic N) is 3. The van der Waals surface area contributed by atoms with Gasteiger partial charge in [-0.05, 0) is 56.2 Å². The van der Waals surface area contributed by atoms with E-state index in [0.717, 1.165) is 66.6 Å². The van der Waals surface area contributed by atoms with Gasteiger partial charge in [0.25, 0.3) is 0 Å². The molecule has 1 aromatic carbocycles. The van der Waals surface area contributed by atoms with E-state index in [1.807, 2.05) is 31.6 Å². The third-order valence-corrected chi connectivity index (χ3v) is 5.54. The Bertz CT molecular complexity index is 893. The SMILES string of the molecule is C=N/C(NCCCC)=C(/C(=C)NC)N(CCC1=CCC(C)=CN=C1)Cc1ccc(Cl)cc1. The lowest BCUT2D eigenvalue weighted by Crippen LogP contribution is -2.32. The summed E-state index contributed by atoms with van der Waals surface area (Å²) in [5, 5.41) is 7.39. The van der Waals surface area contributed by atoms with Crippen LogP contribution in [0.15, 0.2) is 81.5 Å². The van der Waals surface area contributed by atoms with Gasteiger partial charge >= 0.3 is 0 Å². The number of unbranched alkanes of at least 4 members (excludes halogenated alkanes) is 1. The van der Waals surface area contributed by atoms with E-state index < -0.39 is 0 Å². The molecule has 5 nitrogen and oxygen atoms in total. The van der Waals surface area contributed by atoms with E-state index >= 15 is 0 Å². The number of allylic oxidation sites excluding steroid dienone is 2. The lowest BCUT2D eigenvalue weighted by Gasteiger charge is -2.30. The molecule has 1 aromatic rings. The highest BCUT2D eigenvalue weighted by Gasteiger charge is 2.18. The van der Waals surface area contributed by atoms with Crippen molar-refractivity contribution in [3.63, 3.8) is 0 Å². The molecule has 0 aliphatic carbocycles. The molecule has 0 radical (unpaired) electrons. The number of aliphatic imine (C=N–C) groups is 2. The monoisotopic (exact) mass is 453 g/mol. The Kier molecular flexibility index (Phi) is 10.8. The highest BCUT2D eigenvalue weighted by atomic mass is 35.5. The lowest BCUT2D eigenvalue weighted by molar-refractivity contribution is 0.338. The maximum Gasteiger partial charge on any atom is 0.151 e. The topological polar surface area (TPSA) is 52.0 Å². The Hall–Kier alpha value is -2.79. The van der Waals surface area contributed by atoms with Gasteiger partial charge in [0.1, 0.15) is 5.70 Å². The maximum absolute atomic E-state index is 6.11. The van der Waals surface area contributed by atoms with E-state index in [1.165, 1.54) is 11.1 Å². The number of rotatable bonds is 13. The molecule has 2 rings (SSSR count). The van der Waals surface area contributed by atoms with E-state index in [4.69, 9.17) is 11.6 Å². The number of hydrogen-bond donors (Lipinski definition) is 2. The Morgan fingerprint density at radius 3 is 2.69 bits per heavy atom. The third kappa shape index (κ3) is 8.04. The van der Waals surface area contributed by atoms with Gasteiger partial charge in [-0.1, -0.05) is 55.3 Å². The number of likely N-dealkylation sites (N-methyl/N-ethyl adjacent to an activating group) is 1. The molecule has 0 saturated carbocycles. The third-order valence-electron chi connectivity index (χ3n) is 5.29. The molecule has 1 heterocycles. The van der Waals surface area contributed by atoms with E-state index in [-0.39, 0.29) is 0 Å². The van der Waals surface area contributed by atoms with Crippen molar-refractivity contribution in [1.82, 2.24) is 15.5 Å². The van der Waals surface area contributed by atoms with Crippen molar-refractivity contribution in [2.75, 3.05) is 20.1 Å². The first-order chi connectivity index (χ1) is 15.5. The molecule has 0 aromatic heterocycles. The summed E-state index contributed by atoms with van der Waals surface area (Å²) in [7, 11) is 1.88. The van der Waals surface area contributed by atoms with Crippen LogP contribution in [0.4, 0.5) is 0 Å². The molecule has 1 aliphatic heterocycles. The zero-order chi connectivity index (χ0) is 23.3. The number of hydrogen-bond acceptors (Lipinski definition) is 5. The van der Waals surface area contributed by atoms with Crippen molar-refractivity contribution >= 4 is 24.5 Å². The lowest BCUT2D eigenvalue weighted by atomic mass is 10.1. The van der Waals surface area contributed by atoms with E-state index in [0.29, 0.717) is 6.54 Å². The molecular formula is C26H36ClN5. The normalized spacial score (nSPS) is 14.0. The van der Waals surface area contributed by atoms with Crippen LogP contribution < -0.4 is 10.6 Å². The van der Waals surface area contributed by atoms with Crippen LogP contribution in [0.25, 0.3) is 0 Å². The van der Waals surface area contributed by atoms with Gasteiger partial charge in [0, 0.05) is 44.1 Å². The molecule has 0 amide bonds. The minimum Gasteiger partial charge on any atom is -0.387 e. The van der Waals surface area contributed by atoms with Gasteiger partial charge < -0.3 is 15.5 Å². The van der Waals surface area contributed by atoms with Gasteiger partial charge in [0.05, 0.1) is 5.70 Å². The van der Waals surface area contributed by atoms with Crippen LogP contribution in [-0.4, -0.2) is 38.0 Å². The van der Waals surface area contributed by atoms with E-state index in [9.17, 15) is 0 Å². The minimum absolute atomic E-state index is 0.698. The van der Waals surface area contributed by atoms with Crippen LogP contribution in [0.2, 0.25) is 5.02 Å². The number of benzene rings is 1. The standard InChI is InChI=1S/C26H36ClN5/c1-6-7-15-31-26(29-5)25(21(3)28-4)32(19-23-10-12-24(27)13-11-23)16-14-22-9-8-20(2)17-30-18-22/h9-13,17-18,28,31H,3,5-8,14-16,19H2,1-2,4H3/b26-25+. The van der Waals surface area contributed by atoms with Gasteiger partial charge in [-0.3, -0.25) is 4.99 Å². The highest BCUT2D eigenvalue weighted by molar-refractivity contribution is 6.30. The van der Waals surface area contributed by atoms with Crippen LogP contribution >= 0.6 is 11.6 Å². The van der Waals surface area contributed by atoms with Gasteiger partial charge in [0.2, 0.25) is 0 Å². The smallest absolute Gasteiger partial charge is 0.151 e. The van der Waals surface area contributed by atoms with Crippen molar-refractivity contribution in [3.8, 4) is 0 Å². The maximum atomic E-state index is 6.11. The van der Waals surface area contributed by atoms with Crippen LogP contribution in [0.3, 0.4) is 0 Å². The summed E-state index contributed by atoms with van der Waals surface area (Å²) in [4.78, 5) is 11.1. The van der Waals surface area contributed by atoms with Gasteiger partial charge in [0.15, 0.2) is 5.82 Å². The summed E-state index contributed by atoms with van der Waals surface area (Å²) in [5.74, 6) is 0.743. The number of halogens is 1.